The summed E-state index contributed by atoms with van der Waals surface area (Å²) in [5.74, 6) is -3.09. The molecule has 1 heterocycles. The molecule has 0 saturated heterocycles. The average Bonchev–Trinajstić information content (AvgIpc) is 2.29. The van der Waals surface area contributed by atoms with E-state index in [0.717, 1.165) is 6.07 Å². The lowest BCUT2D eigenvalue weighted by Crippen LogP contribution is -2.32. The second kappa shape index (κ2) is 6.09. The lowest BCUT2D eigenvalue weighted by atomic mass is 10.2. The second-order valence-electron chi connectivity index (χ2n) is 3.41. The third-order valence-corrected chi connectivity index (χ3v) is 2.45. The Balaban J connectivity index is 3.05. The zero-order chi connectivity index (χ0) is 14.6. The van der Waals surface area contributed by atoms with Crippen LogP contribution >= 0.6 is 15.9 Å². The average molecular weight is 334 g/mol. The van der Waals surface area contributed by atoms with Gasteiger partial charge in [0.2, 0.25) is 5.82 Å². The maximum absolute atomic E-state index is 10.9. The summed E-state index contributed by atoms with van der Waals surface area (Å²) in [5, 5.41) is 30.4. The zero-order valence-corrected chi connectivity index (χ0v) is 10.8. The smallest absolute Gasteiger partial charge is 0.326 e. The van der Waals surface area contributed by atoms with Crippen molar-refractivity contribution in [2.24, 2.45) is 0 Å². The molecule has 0 fully saturated rings. The lowest BCUT2D eigenvalue weighted by molar-refractivity contribution is -0.384. The Morgan fingerprint density at radius 1 is 1.53 bits per heavy atom. The SMILES string of the molecule is O=C(O)CC(Nc1ncc(Br)cc1[N+](=O)[O-])C(=O)O. The number of nitrogens with zero attached hydrogens (tertiary/aromatic N) is 2. The van der Waals surface area contributed by atoms with Gasteiger partial charge in [-0.15, -0.1) is 0 Å². The molecule has 0 amide bonds. The number of hydrogen-bond donors (Lipinski definition) is 3. The van der Waals surface area contributed by atoms with E-state index >= 15 is 0 Å². The predicted molar refractivity (Wildman–Crippen MR) is 65.9 cm³/mol. The predicted octanol–water partition coefficient (Wildman–Crippen LogP) is 1.09. The van der Waals surface area contributed by atoms with Crippen molar-refractivity contribution in [3.05, 3.63) is 26.9 Å². The summed E-state index contributed by atoms with van der Waals surface area (Å²) in [6.07, 6.45) is 0.499. The van der Waals surface area contributed by atoms with Crippen LogP contribution in [0, 0.1) is 10.1 Å². The fraction of sp³-hybridized carbons (Fsp3) is 0.222. The van der Waals surface area contributed by atoms with Crippen LogP contribution in [0.2, 0.25) is 0 Å². The first kappa shape index (κ1) is 14.8. The number of nitro groups is 1. The first-order valence-electron chi connectivity index (χ1n) is 4.82. The van der Waals surface area contributed by atoms with Crippen molar-refractivity contribution in [2.45, 2.75) is 12.5 Å². The molecular weight excluding hydrogens is 326 g/mol. The molecule has 0 aliphatic heterocycles. The van der Waals surface area contributed by atoms with Gasteiger partial charge in [0.25, 0.3) is 0 Å². The van der Waals surface area contributed by atoms with Crippen LogP contribution in [-0.4, -0.2) is 38.1 Å². The van der Waals surface area contributed by atoms with E-state index in [1.54, 1.807) is 0 Å². The Bertz CT molecular complexity index is 535. The van der Waals surface area contributed by atoms with Crippen LogP contribution in [0.15, 0.2) is 16.7 Å². The van der Waals surface area contributed by atoms with Crippen LogP contribution in [0.4, 0.5) is 11.5 Å². The molecule has 0 bridgehead atoms. The molecule has 1 aromatic heterocycles. The highest BCUT2D eigenvalue weighted by Crippen LogP contribution is 2.26. The zero-order valence-electron chi connectivity index (χ0n) is 9.24. The number of rotatable bonds is 6. The molecular formula is C9H8BrN3O6. The summed E-state index contributed by atoms with van der Waals surface area (Å²) in [7, 11) is 0. The molecule has 0 aliphatic rings. The van der Waals surface area contributed by atoms with E-state index in [9.17, 15) is 19.7 Å². The van der Waals surface area contributed by atoms with E-state index in [0.29, 0.717) is 4.47 Å². The van der Waals surface area contributed by atoms with E-state index in [1.165, 1.54) is 6.20 Å². The summed E-state index contributed by atoms with van der Waals surface area (Å²) in [5.41, 5.74) is -0.453. The van der Waals surface area contributed by atoms with Crippen molar-refractivity contribution in [1.29, 1.82) is 0 Å². The number of nitrogens with one attached hydrogen (secondary N) is 1. The van der Waals surface area contributed by atoms with E-state index in [-0.39, 0.29) is 5.82 Å². The molecule has 0 aliphatic carbocycles. The number of carbonyl (C=O) groups is 2. The molecule has 102 valence electrons. The van der Waals surface area contributed by atoms with Gasteiger partial charge in [-0.2, -0.15) is 0 Å². The fourth-order valence-electron chi connectivity index (χ4n) is 1.22. The highest BCUT2D eigenvalue weighted by Gasteiger charge is 2.25. The third kappa shape index (κ3) is 4.17. The molecule has 10 heteroatoms. The number of aliphatic carboxylic acids is 2. The van der Waals surface area contributed by atoms with Gasteiger partial charge in [0.15, 0.2) is 0 Å². The largest absolute Gasteiger partial charge is 0.481 e. The van der Waals surface area contributed by atoms with Gasteiger partial charge in [0.1, 0.15) is 6.04 Å². The summed E-state index contributed by atoms with van der Waals surface area (Å²) in [6, 6.07) is -0.375. The topological polar surface area (TPSA) is 143 Å². The quantitative estimate of drug-likeness (QED) is 0.518. The van der Waals surface area contributed by atoms with Crippen LogP contribution in [0.25, 0.3) is 0 Å². The minimum absolute atomic E-state index is 0.304. The van der Waals surface area contributed by atoms with Gasteiger partial charge >= 0.3 is 17.6 Å². The Labute approximate surface area is 114 Å². The molecule has 1 rings (SSSR count). The molecule has 3 N–H and O–H groups in total. The summed E-state index contributed by atoms with van der Waals surface area (Å²) in [6.45, 7) is 0. The highest BCUT2D eigenvalue weighted by molar-refractivity contribution is 9.10. The Hall–Kier alpha value is -2.23. The molecule has 0 radical (unpaired) electrons. The summed E-state index contributed by atoms with van der Waals surface area (Å²) >= 11 is 2.99. The van der Waals surface area contributed by atoms with Gasteiger partial charge in [-0.1, -0.05) is 0 Å². The van der Waals surface area contributed by atoms with Crippen molar-refractivity contribution in [1.82, 2.24) is 4.98 Å². The Morgan fingerprint density at radius 2 is 2.16 bits per heavy atom. The van der Waals surface area contributed by atoms with Crippen molar-refractivity contribution >= 4 is 39.4 Å². The first-order chi connectivity index (χ1) is 8.81. The van der Waals surface area contributed by atoms with Gasteiger partial charge in [0, 0.05) is 16.7 Å². The normalized spacial score (nSPS) is 11.6. The third-order valence-electron chi connectivity index (χ3n) is 2.02. The number of pyridine rings is 1. The van der Waals surface area contributed by atoms with Crippen molar-refractivity contribution in [3.63, 3.8) is 0 Å². The number of anilines is 1. The molecule has 0 spiro atoms. The Morgan fingerprint density at radius 3 is 2.63 bits per heavy atom. The minimum Gasteiger partial charge on any atom is -0.481 e. The Kier molecular flexibility index (Phi) is 4.75. The fourth-order valence-corrected chi connectivity index (χ4v) is 1.54. The molecule has 0 saturated carbocycles. The van der Waals surface area contributed by atoms with Gasteiger partial charge in [0.05, 0.1) is 11.3 Å². The van der Waals surface area contributed by atoms with Crippen molar-refractivity contribution in [3.8, 4) is 0 Å². The molecule has 1 atom stereocenters. The first-order valence-corrected chi connectivity index (χ1v) is 5.61. The minimum atomic E-state index is -1.51. The van der Waals surface area contributed by atoms with Crippen molar-refractivity contribution in [2.75, 3.05) is 5.32 Å². The van der Waals surface area contributed by atoms with E-state index in [1.807, 2.05) is 0 Å². The van der Waals surface area contributed by atoms with E-state index in [4.69, 9.17) is 10.2 Å². The van der Waals surface area contributed by atoms with Crippen LogP contribution in [0.5, 0.6) is 0 Å². The van der Waals surface area contributed by atoms with Gasteiger partial charge in [-0.3, -0.25) is 14.9 Å². The van der Waals surface area contributed by atoms with Gasteiger partial charge in [-0.05, 0) is 15.9 Å². The van der Waals surface area contributed by atoms with Crippen LogP contribution < -0.4 is 5.32 Å². The van der Waals surface area contributed by atoms with E-state index < -0.39 is 35.0 Å². The monoisotopic (exact) mass is 333 g/mol. The number of hydrogen-bond acceptors (Lipinski definition) is 6. The highest BCUT2D eigenvalue weighted by atomic mass is 79.9. The number of carboxylic acid groups (broad SMARTS) is 2. The van der Waals surface area contributed by atoms with Crippen LogP contribution in [-0.2, 0) is 9.59 Å². The van der Waals surface area contributed by atoms with Crippen molar-refractivity contribution < 1.29 is 24.7 Å². The summed E-state index contributed by atoms with van der Waals surface area (Å²) in [4.78, 5) is 35.1. The molecule has 0 aromatic carbocycles. The maximum atomic E-state index is 10.9. The molecule has 19 heavy (non-hydrogen) atoms. The number of carboxylic acids is 2. The van der Waals surface area contributed by atoms with Gasteiger partial charge < -0.3 is 15.5 Å². The van der Waals surface area contributed by atoms with E-state index in [2.05, 4.69) is 26.2 Å². The van der Waals surface area contributed by atoms with Gasteiger partial charge in [-0.25, -0.2) is 9.78 Å². The van der Waals surface area contributed by atoms with Crippen LogP contribution in [0.1, 0.15) is 6.42 Å². The van der Waals surface area contributed by atoms with Crippen LogP contribution in [0.3, 0.4) is 0 Å². The second-order valence-corrected chi connectivity index (χ2v) is 4.33. The molecule has 1 unspecified atom stereocenters. The number of halogens is 1. The molecule has 9 nitrogen and oxygen atoms in total. The lowest BCUT2D eigenvalue weighted by Gasteiger charge is -2.12. The standard InChI is InChI=1S/C9H8BrN3O6/c10-4-1-6(13(18)19)8(11-3-4)12-5(9(16)17)2-7(14)15/h1,3,5H,2H2,(H,11,12)(H,14,15)(H,16,17). The summed E-state index contributed by atoms with van der Waals surface area (Å²) < 4.78 is 0.342. The molecule has 1 aromatic rings. The number of aromatic nitrogens is 1. The maximum Gasteiger partial charge on any atom is 0.326 e.